The number of fused-ring (bicyclic) bond motifs is 2. The Morgan fingerprint density at radius 3 is 2.55 bits per heavy atom. The third-order valence-electron chi connectivity index (χ3n) is 5.83. The first-order valence-electron chi connectivity index (χ1n) is 10.4. The molecule has 0 spiro atoms. The van der Waals surface area contributed by atoms with Gasteiger partial charge in [0.2, 0.25) is 15.9 Å². The highest BCUT2D eigenvalue weighted by molar-refractivity contribution is 7.89. The lowest BCUT2D eigenvalue weighted by molar-refractivity contribution is -0.116. The van der Waals surface area contributed by atoms with E-state index in [4.69, 9.17) is 0 Å². The van der Waals surface area contributed by atoms with Crippen molar-refractivity contribution in [1.29, 1.82) is 0 Å². The minimum Gasteiger partial charge on any atom is -0.329 e. The molecule has 0 bridgehead atoms. The molecule has 0 saturated heterocycles. The second kappa shape index (κ2) is 8.09. The summed E-state index contributed by atoms with van der Waals surface area (Å²) < 4.78 is 46.2. The van der Waals surface area contributed by atoms with E-state index in [-0.39, 0.29) is 12.3 Å². The number of halogens is 1. The van der Waals surface area contributed by atoms with Crippen molar-refractivity contribution >= 4 is 32.7 Å². The number of hydrogen-bond donors (Lipinski definition) is 2. The molecule has 2 heterocycles. The van der Waals surface area contributed by atoms with Crippen LogP contribution in [0.15, 0.2) is 71.6 Å². The number of carbonyl (C=O) groups excluding carboxylic acids is 1. The quantitative estimate of drug-likeness (QED) is 0.471. The Bertz CT molecular complexity index is 1480. The SMILES string of the molecule is Cn1c(C(NS(=O)(=O)c2cc3c(cc2F)NC(=O)CC3)c2ccccc2)nc2ccccc21. The van der Waals surface area contributed by atoms with Crippen LogP contribution in [0.1, 0.15) is 29.4 Å². The molecule has 5 rings (SSSR count). The Kier molecular flexibility index (Phi) is 5.22. The first-order chi connectivity index (χ1) is 15.8. The zero-order valence-corrected chi connectivity index (χ0v) is 18.6. The van der Waals surface area contributed by atoms with Crippen LogP contribution in [0.4, 0.5) is 10.1 Å². The molecule has 1 aliphatic heterocycles. The number of sulfonamides is 1. The second-order valence-electron chi connectivity index (χ2n) is 7.97. The van der Waals surface area contributed by atoms with Crippen molar-refractivity contribution in [3.8, 4) is 0 Å². The molecule has 7 nitrogen and oxygen atoms in total. The van der Waals surface area contributed by atoms with E-state index in [0.29, 0.717) is 29.1 Å². The molecular formula is C24H21FN4O3S. The number of rotatable bonds is 5. The molecule has 0 saturated carbocycles. The van der Waals surface area contributed by atoms with E-state index in [1.165, 1.54) is 6.07 Å². The van der Waals surface area contributed by atoms with Crippen molar-refractivity contribution in [3.05, 3.63) is 89.5 Å². The van der Waals surface area contributed by atoms with Crippen LogP contribution in [0.3, 0.4) is 0 Å². The second-order valence-corrected chi connectivity index (χ2v) is 9.65. The van der Waals surface area contributed by atoms with E-state index in [9.17, 15) is 17.6 Å². The van der Waals surface area contributed by atoms with Crippen molar-refractivity contribution in [2.75, 3.05) is 5.32 Å². The molecule has 33 heavy (non-hydrogen) atoms. The number of imidazole rings is 1. The number of carbonyl (C=O) groups is 1. The molecule has 4 aromatic rings. The Morgan fingerprint density at radius 1 is 1.06 bits per heavy atom. The maximum absolute atomic E-state index is 14.9. The zero-order valence-electron chi connectivity index (χ0n) is 17.7. The molecule has 3 aromatic carbocycles. The molecular weight excluding hydrogens is 443 g/mol. The van der Waals surface area contributed by atoms with Crippen LogP contribution >= 0.6 is 0 Å². The summed E-state index contributed by atoms with van der Waals surface area (Å²) in [6.07, 6.45) is 0.564. The summed E-state index contributed by atoms with van der Waals surface area (Å²) >= 11 is 0. The number of nitrogens with one attached hydrogen (secondary N) is 2. The van der Waals surface area contributed by atoms with E-state index in [2.05, 4.69) is 15.0 Å². The van der Waals surface area contributed by atoms with Gasteiger partial charge in [-0.2, -0.15) is 4.72 Å². The minimum absolute atomic E-state index is 0.220. The maximum Gasteiger partial charge on any atom is 0.244 e. The molecule has 0 fully saturated rings. The van der Waals surface area contributed by atoms with E-state index >= 15 is 0 Å². The Hall–Kier alpha value is -3.56. The fourth-order valence-corrected chi connectivity index (χ4v) is 5.43. The van der Waals surface area contributed by atoms with Gasteiger partial charge in [-0.25, -0.2) is 17.8 Å². The van der Waals surface area contributed by atoms with Gasteiger partial charge < -0.3 is 9.88 Å². The fraction of sp³-hybridized carbons (Fsp3) is 0.167. The van der Waals surface area contributed by atoms with E-state index in [0.717, 1.165) is 17.1 Å². The van der Waals surface area contributed by atoms with Gasteiger partial charge in [-0.1, -0.05) is 42.5 Å². The zero-order chi connectivity index (χ0) is 23.2. The average molecular weight is 465 g/mol. The first-order valence-corrected chi connectivity index (χ1v) is 11.9. The molecule has 1 aliphatic rings. The van der Waals surface area contributed by atoms with Gasteiger partial charge in [-0.3, -0.25) is 4.79 Å². The number of hydrogen-bond acceptors (Lipinski definition) is 4. The van der Waals surface area contributed by atoms with Crippen LogP contribution in [0, 0.1) is 5.82 Å². The number of para-hydroxylation sites is 2. The van der Waals surface area contributed by atoms with Crippen LogP contribution in [-0.2, 0) is 28.3 Å². The van der Waals surface area contributed by atoms with Crippen LogP contribution in [0.5, 0.6) is 0 Å². The summed E-state index contributed by atoms with van der Waals surface area (Å²) in [4.78, 5) is 15.8. The van der Waals surface area contributed by atoms with Crippen molar-refractivity contribution in [3.63, 3.8) is 0 Å². The van der Waals surface area contributed by atoms with E-state index in [1.54, 1.807) is 24.3 Å². The number of aromatic nitrogens is 2. The maximum atomic E-state index is 14.9. The smallest absolute Gasteiger partial charge is 0.244 e. The summed E-state index contributed by atoms with van der Waals surface area (Å²) in [7, 11) is -2.46. The molecule has 0 aliphatic carbocycles. The third kappa shape index (κ3) is 3.90. The molecule has 2 N–H and O–H groups in total. The van der Waals surface area contributed by atoms with Crippen LogP contribution in [0.2, 0.25) is 0 Å². The Labute approximate surface area is 190 Å². The Morgan fingerprint density at radius 2 is 1.79 bits per heavy atom. The number of benzene rings is 3. The van der Waals surface area contributed by atoms with Crippen molar-refractivity contribution in [1.82, 2.24) is 14.3 Å². The lowest BCUT2D eigenvalue weighted by Gasteiger charge is -2.21. The van der Waals surface area contributed by atoms with Crippen LogP contribution in [0.25, 0.3) is 11.0 Å². The predicted octanol–water partition coefficient (Wildman–Crippen LogP) is 3.67. The largest absolute Gasteiger partial charge is 0.329 e. The van der Waals surface area contributed by atoms with Crippen molar-refractivity contribution < 1.29 is 17.6 Å². The van der Waals surface area contributed by atoms with Gasteiger partial charge in [0, 0.05) is 19.2 Å². The first kappa shape index (κ1) is 21.3. The van der Waals surface area contributed by atoms with E-state index < -0.39 is 26.8 Å². The predicted molar refractivity (Wildman–Crippen MR) is 123 cm³/mol. The summed E-state index contributed by atoms with van der Waals surface area (Å²) in [5.41, 5.74) is 3.13. The number of anilines is 1. The summed E-state index contributed by atoms with van der Waals surface area (Å²) in [5.74, 6) is -0.668. The minimum atomic E-state index is -4.28. The van der Waals surface area contributed by atoms with Gasteiger partial charge in [0.15, 0.2) is 0 Å². The highest BCUT2D eigenvalue weighted by Crippen LogP contribution is 2.31. The molecule has 1 amide bonds. The van der Waals surface area contributed by atoms with Gasteiger partial charge in [-0.15, -0.1) is 0 Å². The highest BCUT2D eigenvalue weighted by Gasteiger charge is 2.30. The van der Waals surface area contributed by atoms with Gasteiger partial charge in [-0.05, 0) is 41.8 Å². The van der Waals surface area contributed by atoms with Crippen molar-refractivity contribution in [2.45, 2.75) is 23.8 Å². The van der Waals surface area contributed by atoms with Gasteiger partial charge in [0.25, 0.3) is 0 Å². The number of nitrogens with zero attached hydrogens (tertiary/aromatic N) is 2. The lowest BCUT2D eigenvalue weighted by Crippen LogP contribution is -2.32. The average Bonchev–Trinajstić information content (AvgIpc) is 3.14. The Balaban J connectivity index is 1.60. The van der Waals surface area contributed by atoms with Crippen molar-refractivity contribution in [2.24, 2.45) is 7.05 Å². The summed E-state index contributed by atoms with van der Waals surface area (Å²) in [5, 5.41) is 2.59. The van der Waals surface area contributed by atoms with Gasteiger partial charge in [0.05, 0.1) is 11.0 Å². The van der Waals surface area contributed by atoms with E-state index in [1.807, 2.05) is 41.9 Å². The number of aryl methyl sites for hydroxylation is 2. The van der Waals surface area contributed by atoms with Crippen LogP contribution in [-0.4, -0.2) is 23.9 Å². The molecule has 1 atom stereocenters. The molecule has 1 aromatic heterocycles. The summed E-state index contributed by atoms with van der Waals surface area (Å²) in [6, 6.07) is 18.1. The van der Waals surface area contributed by atoms with Crippen LogP contribution < -0.4 is 10.0 Å². The topological polar surface area (TPSA) is 93.1 Å². The standard InChI is InChI=1S/C24H21FN4O3S/c1-29-20-10-6-5-9-18(20)27-24(29)23(15-7-3-2-4-8-15)28-33(31,32)21-13-16-11-12-22(30)26-19(16)14-17(21)25/h2-10,13-14,23,28H,11-12H2,1H3,(H,26,30). The van der Waals surface area contributed by atoms with Gasteiger partial charge >= 0.3 is 0 Å². The normalized spacial score (nSPS) is 14.7. The monoisotopic (exact) mass is 464 g/mol. The third-order valence-corrected chi connectivity index (χ3v) is 7.27. The molecule has 168 valence electrons. The number of amides is 1. The highest BCUT2D eigenvalue weighted by atomic mass is 32.2. The summed E-state index contributed by atoms with van der Waals surface area (Å²) in [6.45, 7) is 0. The fourth-order valence-electron chi connectivity index (χ4n) is 4.14. The molecule has 1 unspecified atom stereocenters. The lowest BCUT2D eigenvalue weighted by atomic mass is 10.0. The molecule has 0 radical (unpaired) electrons. The van der Waals surface area contributed by atoms with Gasteiger partial charge in [0.1, 0.15) is 22.6 Å². The molecule has 9 heteroatoms.